The summed E-state index contributed by atoms with van der Waals surface area (Å²) < 4.78 is 5.63. The second-order valence-corrected chi connectivity index (χ2v) is 5.62. The molecule has 0 fully saturated rings. The van der Waals surface area contributed by atoms with Gasteiger partial charge < -0.3 is 10.1 Å². The van der Waals surface area contributed by atoms with Gasteiger partial charge in [0.15, 0.2) is 6.10 Å². The topological polar surface area (TPSA) is 79.2 Å². The number of esters is 1. The number of rotatable bonds is 4. The molecule has 7 heteroatoms. The number of nitriles is 1. The molecular weight excluding hydrogens is 312 g/mol. The minimum atomic E-state index is -0.845. The minimum absolute atomic E-state index is 0.310. The van der Waals surface area contributed by atoms with Crippen molar-refractivity contribution < 1.29 is 14.3 Å². The molecule has 0 bridgehead atoms. The van der Waals surface area contributed by atoms with Gasteiger partial charge in [-0.2, -0.15) is 5.26 Å². The fraction of sp³-hybridized carbons (Fsp3) is 0.214. The lowest BCUT2D eigenvalue weighted by molar-refractivity contribution is -0.144. The van der Waals surface area contributed by atoms with Crippen LogP contribution in [0.1, 0.15) is 16.6 Å². The van der Waals surface area contributed by atoms with Crippen LogP contribution in [0.2, 0.25) is 5.02 Å². The summed E-state index contributed by atoms with van der Waals surface area (Å²) in [5.41, 5.74) is 0. The van der Waals surface area contributed by atoms with Crippen molar-refractivity contribution in [1.82, 2.24) is 5.32 Å². The molecule has 21 heavy (non-hydrogen) atoms. The fourth-order valence-electron chi connectivity index (χ4n) is 1.66. The molecule has 0 aliphatic carbocycles. The standard InChI is InChI=1S/C14H11ClN2O3S/c1-8(6-16)20-11(18)7-17-14(19)13-12(15)9-4-2-3-5-10(9)21-13/h2-5,8H,7H2,1H3,(H,17,19)/t8-/m0/s1. The van der Waals surface area contributed by atoms with E-state index in [1.807, 2.05) is 24.3 Å². The van der Waals surface area contributed by atoms with E-state index in [4.69, 9.17) is 21.6 Å². The third-order valence-corrected chi connectivity index (χ3v) is 4.30. The van der Waals surface area contributed by atoms with Crippen LogP contribution in [0.3, 0.4) is 0 Å². The van der Waals surface area contributed by atoms with Crippen LogP contribution in [0.5, 0.6) is 0 Å². The van der Waals surface area contributed by atoms with Gasteiger partial charge in [0.25, 0.3) is 5.91 Å². The van der Waals surface area contributed by atoms with E-state index in [1.165, 1.54) is 18.3 Å². The summed E-state index contributed by atoms with van der Waals surface area (Å²) in [6.07, 6.45) is -0.845. The SMILES string of the molecule is C[C@@H](C#N)OC(=O)CNC(=O)c1sc2ccccc2c1Cl. The van der Waals surface area contributed by atoms with E-state index in [0.29, 0.717) is 9.90 Å². The van der Waals surface area contributed by atoms with Crippen LogP contribution < -0.4 is 5.32 Å². The Morgan fingerprint density at radius 3 is 2.86 bits per heavy atom. The van der Waals surface area contributed by atoms with Crippen molar-refractivity contribution in [2.24, 2.45) is 0 Å². The number of thiophene rings is 1. The first-order valence-corrected chi connectivity index (χ1v) is 7.26. The number of hydrogen-bond acceptors (Lipinski definition) is 5. The van der Waals surface area contributed by atoms with Crippen molar-refractivity contribution in [2.45, 2.75) is 13.0 Å². The van der Waals surface area contributed by atoms with Gasteiger partial charge in [0.2, 0.25) is 0 Å². The smallest absolute Gasteiger partial charge is 0.326 e. The van der Waals surface area contributed by atoms with E-state index in [1.54, 1.807) is 6.07 Å². The largest absolute Gasteiger partial charge is 0.446 e. The zero-order valence-corrected chi connectivity index (χ0v) is 12.6. The van der Waals surface area contributed by atoms with Gasteiger partial charge in [-0.25, -0.2) is 0 Å². The van der Waals surface area contributed by atoms with Crippen LogP contribution in [0.15, 0.2) is 24.3 Å². The van der Waals surface area contributed by atoms with Crippen molar-refractivity contribution in [3.63, 3.8) is 0 Å². The molecule has 108 valence electrons. The van der Waals surface area contributed by atoms with Crippen molar-refractivity contribution in [3.05, 3.63) is 34.2 Å². The highest BCUT2D eigenvalue weighted by Gasteiger charge is 2.18. The van der Waals surface area contributed by atoms with E-state index in [2.05, 4.69) is 5.32 Å². The average molecular weight is 323 g/mol. The number of amides is 1. The highest BCUT2D eigenvalue weighted by Crippen LogP contribution is 2.34. The molecule has 1 aromatic heterocycles. The Hall–Kier alpha value is -2.10. The predicted molar refractivity (Wildman–Crippen MR) is 80.3 cm³/mol. The van der Waals surface area contributed by atoms with Crippen LogP contribution >= 0.6 is 22.9 Å². The number of benzene rings is 1. The third kappa shape index (κ3) is 3.51. The Kier molecular flexibility index (Phi) is 4.78. The molecule has 0 saturated heterocycles. The van der Waals surface area contributed by atoms with Gasteiger partial charge in [-0.15, -0.1) is 11.3 Å². The number of carbonyl (C=O) groups excluding carboxylic acids is 2. The normalized spacial score (nSPS) is 11.7. The maximum absolute atomic E-state index is 12.0. The Balaban J connectivity index is 2.04. The van der Waals surface area contributed by atoms with Crippen molar-refractivity contribution >= 4 is 44.9 Å². The summed E-state index contributed by atoms with van der Waals surface area (Å²) in [5, 5.41) is 12.1. The predicted octanol–water partition coefficient (Wildman–Crippen LogP) is 2.74. The van der Waals surface area contributed by atoms with Gasteiger partial charge in [0.1, 0.15) is 17.5 Å². The number of ether oxygens (including phenoxy) is 1. The van der Waals surface area contributed by atoms with Crippen molar-refractivity contribution in [1.29, 1.82) is 5.26 Å². The third-order valence-electron chi connectivity index (χ3n) is 2.62. The Morgan fingerprint density at radius 2 is 2.19 bits per heavy atom. The summed E-state index contributed by atoms with van der Waals surface area (Å²) in [6, 6.07) is 9.16. The number of carbonyl (C=O) groups is 2. The van der Waals surface area contributed by atoms with Crippen LogP contribution in [0.25, 0.3) is 10.1 Å². The molecule has 0 aliphatic rings. The van der Waals surface area contributed by atoms with Gasteiger partial charge in [-0.3, -0.25) is 9.59 Å². The van der Waals surface area contributed by atoms with Gasteiger partial charge in [0, 0.05) is 10.1 Å². The summed E-state index contributed by atoms with van der Waals surface area (Å²) >= 11 is 7.42. The average Bonchev–Trinajstić information content (AvgIpc) is 2.82. The second kappa shape index (κ2) is 6.57. The Labute approximate surface area is 130 Å². The highest BCUT2D eigenvalue weighted by atomic mass is 35.5. The monoisotopic (exact) mass is 322 g/mol. The first-order valence-electron chi connectivity index (χ1n) is 6.07. The number of nitrogens with one attached hydrogen (secondary N) is 1. The van der Waals surface area contributed by atoms with Gasteiger partial charge in [-0.1, -0.05) is 29.8 Å². The molecule has 1 aromatic carbocycles. The van der Waals surface area contributed by atoms with Crippen LogP contribution in [0.4, 0.5) is 0 Å². The first kappa shape index (κ1) is 15.3. The maximum atomic E-state index is 12.0. The van der Waals surface area contributed by atoms with E-state index in [9.17, 15) is 9.59 Å². The zero-order valence-electron chi connectivity index (χ0n) is 11.1. The molecule has 1 heterocycles. The lowest BCUT2D eigenvalue weighted by Gasteiger charge is -2.06. The number of halogens is 1. The van der Waals surface area contributed by atoms with Gasteiger partial charge in [-0.05, 0) is 13.0 Å². The molecular formula is C14H11ClN2O3S. The maximum Gasteiger partial charge on any atom is 0.326 e. The molecule has 0 spiro atoms. The molecule has 0 saturated carbocycles. The second-order valence-electron chi connectivity index (χ2n) is 4.19. The van der Waals surface area contributed by atoms with Crippen molar-refractivity contribution in [2.75, 3.05) is 6.54 Å². The molecule has 1 atom stereocenters. The number of hydrogen-bond donors (Lipinski definition) is 1. The Morgan fingerprint density at radius 1 is 1.48 bits per heavy atom. The van der Waals surface area contributed by atoms with Crippen LogP contribution in [-0.2, 0) is 9.53 Å². The summed E-state index contributed by atoms with van der Waals surface area (Å²) in [5.74, 6) is -1.11. The number of nitrogens with zero attached hydrogens (tertiary/aromatic N) is 1. The van der Waals surface area contributed by atoms with E-state index < -0.39 is 18.0 Å². The lowest BCUT2D eigenvalue weighted by Crippen LogP contribution is -2.31. The summed E-state index contributed by atoms with van der Waals surface area (Å²) in [7, 11) is 0. The fourth-order valence-corrected chi connectivity index (χ4v) is 3.09. The van der Waals surface area contributed by atoms with Crippen molar-refractivity contribution in [3.8, 4) is 6.07 Å². The van der Waals surface area contributed by atoms with E-state index in [0.717, 1.165) is 10.1 Å². The molecule has 2 rings (SSSR count). The highest BCUT2D eigenvalue weighted by molar-refractivity contribution is 7.21. The molecule has 1 amide bonds. The van der Waals surface area contributed by atoms with Gasteiger partial charge in [0.05, 0.1) is 5.02 Å². The molecule has 0 radical (unpaired) electrons. The van der Waals surface area contributed by atoms with E-state index >= 15 is 0 Å². The quantitative estimate of drug-likeness (QED) is 0.878. The molecule has 1 N–H and O–H groups in total. The zero-order chi connectivity index (χ0) is 15.4. The first-order chi connectivity index (χ1) is 10.0. The molecule has 5 nitrogen and oxygen atoms in total. The van der Waals surface area contributed by atoms with Gasteiger partial charge >= 0.3 is 5.97 Å². The number of fused-ring (bicyclic) bond motifs is 1. The van der Waals surface area contributed by atoms with Crippen LogP contribution in [-0.4, -0.2) is 24.5 Å². The Bertz CT molecular complexity index is 735. The summed E-state index contributed by atoms with van der Waals surface area (Å²) in [6.45, 7) is 1.14. The lowest BCUT2D eigenvalue weighted by atomic mass is 10.2. The van der Waals surface area contributed by atoms with Crippen LogP contribution in [0, 0.1) is 11.3 Å². The molecule has 0 aliphatic heterocycles. The summed E-state index contributed by atoms with van der Waals surface area (Å²) in [4.78, 5) is 23.8. The molecule has 0 unspecified atom stereocenters. The molecule has 2 aromatic rings. The minimum Gasteiger partial charge on any atom is -0.446 e. The van der Waals surface area contributed by atoms with E-state index in [-0.39, 0.29) is 6.54 Å².